The maximum absolute atomic E-state index is 11.7. The van der Waals surface area contributed by atoms with Crippen LogP contribution in [-0.4, -0.2) is 28.7 Å². The average Bonchev–Trinajstić information content (AvgIpc) is 2.67. The summed E-state index contributed by atoms with van der Waals surface area (Å²) in [5.41, 5.74) is 0.690. The van der Waals surface area contributed by atoms with Crippen LogP contribution in [0, 0.1) is 0 Å². The molecular weight excluding hydrogens is 192 g/mol. The van der Waals surface area contributed by atoms with E-state index in [1.54, 1.807) is 0 Å². The molecule has 15 heavy (non-hydrogen) atoms. The van der Waals surface area contributed by atoms with Crippen molar-refractivity contribution in [3.63, 3.8) is 0 Å². The molecule has 1 aromatic rings. The molecule has 0 aliphatic rings. The van der Waals surface area contributed by atoms with Gasteiger partial charge in [0.15, 0.2) is 0 Å². The van der Waals surface area contributed by atoms with Gasteiger partial charge in [0.25, 0.3) is 5.91 Å². The Hall–Kier alpha value is -1.29. The van der Waals surface area contributed by atoms with Crippen molar-refractivity contribution in [2.75, 3.05) is 13.2 Å². The molecule has 4 nitrogen and oxygen atoms in total. The number of aryl methyl sites for hydroxylation is 1. The van der Waals surface area contributed by atoms with Gasteiger partial charge in [0.1, 0.15) is 5.69 Å². The van der Waals surface area contributed by atoms with Crippen molar-refractivity contribution in [2.45, 2.75) is 26.3 Å². The first-order valence-corrected chi connectivity index (χ1v) is 5.33. The van der Waals surface area contributed by atoms with Crippen LogP contribution in [0.25, 0.3) is 0 Å². The van der Waals surface area contributed by atoms with E-state index in [0.29, 0.717) is 18.7 Å². The first kappa shape index (κ1) is 11.8. The lowest BCUT2D eigenvalue weighted by molar-refractivity contribution is 0.0942. The van der Waals surface area contributed by atoms with E-state index in [0.717, 1.165) is 13.0 Å². The zero-order valence-electron chi connectivity index (χ0n) is 9.07. The van der Waals surface area contributed by atoms with E-state index in [4.69, 9.17) is 5.11 Å². The Labute approximate surface area is 89.9 Å². The van der Waals surface area contributed by atoms with Gasteiger partial charge in [-0.25, -0.2) is 0 Å². The fourth-order valence-electron chi connectivity index (χ4n) is 1.43. The van der Waals surface area contributed by atoms with Crippen LogP contribution in [0.5, 0.6) is 0 Å². The quantitative estimate of drug-likeness (QED) is 0.688. The molecule has 0 atom stereocenters. The number of nitrogens with zero attached hydrogens (tertiary/aromatic N) is 1. The molecule has 0 fully saturated rings. The molecule has 2 N–H and O–H groups in total. The van der Waals surface area contributed by atoms with Crippen molar-refractivity contribution < 1.29 is 9.90 Å². The molecule has 1 aromatic heterocycles. The number of amides is 1. The average molecular weight is 210 g/mol. The third-order valence-corrected chi connectivity index (χ3v) is 2.15. The van der Waals surface area contributed by atoms with E-state index >= 15 is 0 Å². The van der Waals surface area contributed by atoms with Gasteiger partial charge in [-0.3, -0.25) is 4.79 Å². The second-order valence-corrected chi connectivity index (χ2v) is 3.42. The predicted molar refractivity (Wildman–Crippen MR) is 58.8 cm³/mol. The van der Waals surface area contributed by atoms with Gasteiger partial charge in [0.05, 0.1) is 0 Å². The lowest BCUT2D eigenvalue weighted by Crippen LogP contribution is -2.27. The number of rotatable bonds is 6. The fraction of sp³-hybridized carbons (Fsp3) is 0.545. The highest BCUT2D eigenvalue weighted by Crippen LogP contribution is 2.03. The molecular formula is C11H18N2O2. The summed E-state index contributed by atoms with van der Waals surface area (Å²) in [6, 6.07) is 3.68. The molecule has 0 spiro atoms. The van der Waals surface area contributed by atoms with Crippen LogP contribution in [-0.2, 0) is 6.54 Å². The first-order chi connectivity index (χ1) is 7.29. The van der Waals surface area contributed by atoms with Crippen LogP contribution in [0.2, 0.25) is 0 Å². The van der Waals surface area contributed by atoms with Gasteiger partial charge in [0, 0.05) is 25.9 Å². The molecule has 1 heterocycles. The summed E-state index contributed by atoms with van der Waals surface area (Å²) in [7, 11) is 0. The molecule has 4 heteroatoms. The molecule has 0 unspecified atom stereocenters. The van der Waals surface area contributed by atoms with Crippen molar-refractivity contribution >= 4 is 5.91 Å². The summed E-state index contributed by atoms with van der Waals surface area (Å²) < 4.78 is 1.94. The zero-order valence-corrected chi connectivity index (χ0v) is 9.07. The van der Waals surface area contributed by atoms with Gasteiger partial charge in [-0.05, 0) is 25.0 Å². The molecule has 0 saturated heterocycles. The number of carbonyl (C=O) groups excluding carboxylic acids is 1. The van der Waals surface area contributed by atoms with Crippen molar-refractivity contribution in [3.05, 3.63) is 24.0 Å². The second-order valence-electron chi connectivity index (χ2n) is 3.42. The molecule has 0 aliphatic heterocycles. The summed E-state index contributed by atoms with van der Waals surface area (Å²) >= 11 is 0. The van der Waals surface area contributed by atoms with Gasteiger partial charge in [0.2, 0.25) is 0 Å². The number of nitrogens with one attached hydrogen (secondary N) is 1. The van der Waals surface area contributed by atoms with Crippen molar-refractivity contribution in [1.82, 2.24) is 9.88 Å². The van der Waals surface area contributed by atoms with Crippen LogP contribution in [0.3, 0.4) is 0 Å². The number of carbonyl (C=O) groups is 1. The van der Waals surface area contributed by atoms with E-state index in [2.05, 4.69) is 12.2 Å². The molecule has 0 radical (unpaired) electrons. The fourth-order valence-corrected chi connectivity index (χ4v) is 1.43. The van der Waals surface area contributed by atoms with Gasteiger partial charge in [-0.15, -0.1) is 0 Å². The lowest BCUT2D eigenvalue weighted by atomic mass is 10.3. The molecule has 0 aliphatic carbocycles. The number of hydrogen-bond donors (Lipinski definition) is 2. The summed E-state index contributed by atoms with van der Waals surface area (Å²) in [4.78, 5) is 11.7. The van der Waals surface area contributed by atoms with E-state index in [1.165, 1.54) is 0 Å². The number of aromatic nitrogens is 1. The predicted octanol–water partition coefficient (Wildman–Crippen LogP) is 1.01. The number of aliphatic hydroxyl groups is 1. The maximum Gasteiger partial charge on any atom is 0.267 e. The number of hydrogen-bond acceptors (Lipinski definition) is 2. The van der Waals surface area contributed by atoms with E-state index in [-0.39, 0.29) is 12.5 Å². The van der Waals surface area contributed by atoms with Crippen LogP contribution in [0.1, 0.15) is 30.3 Å². The third-order valence-electron chi connectivity index (χ3n) is 2.15. The SMILES string of the molecule is CCCn1cccc1C(=O)NCCCO. The van der Waals surface area contributed by atoms with E-state index in [1.807, 2.05) is 22.9 Å². The topological polar surface area (TPSA) is 54.3 Å². The third kappa shape index (κ3) is 3.40. The highest BCUT2D eigenvalue weighted by atomic mass is 16.3. The van der Waals surface area contributed by atoms with E-state index < -0.39 is 0 Å². The van der Waals surface area contributed by atoms with Crippen LogP contribution in [0.15, 0.2) is 18.3 Å². The molecule has 0 saturated carbocycles. The van der Waals surface area contributed by atoms with Gasteiger partial charge < -0.3 is 15.0 Å². The van der Waals surface area contributed by atoms with Crippen molar-refractivity contribution in [3.8, 4) is 0 Å². The van der Waals surface area contributed by atoms with Crippen LogP contribution < -0.4 is 5.32 Å². The summed E-state index contributed by atoms with van der Waals surface area (Å²) in [6.07, 6.45) is 3.51. The lowest BCUT2D eigenvalue weighted by Gasteiger charge is -2.08. The van der Waals surface area contributed by atoms with Gasteiger partial charge in [-0.2, -0.15) is 0 Å². The van der Waals surface area contributed by atoms with Gasteiger partial charge >= 0.3 is 0 Å². The minimum Gasteiger partial charge on any atom is -0.396 e. The molecule has 0 aromatic carbocycles. The van der Waals surface area contributed by atoms with Crippen LogP contribution >= 0.6 is 0 Å². The highest BCUT2D eigenvalue weighted by molar-refractivity contribution is 5.92. The standard InChI is InChI=1S/C11H18N2O2/c1-2-7-13-8-3-5-10(13)11(15)12-6-4-9-14/h3,5,8,14H,2,4,6-7,9H2,1H3,(H,12,15). The first-order valence-electron chi connectivity index (χ1n) is 5.33. The second kappa shape index (κ2) is 6.24. The van der Waals surface area contributed by atoms with Crippen molar-refractivity contribution in [1.29, 1.82) is 0 Å². The summed E-state index contributed by atoms with van der Waals surface area (Å²) in [6.45, 7) is 3.56. The molecule has 1 amide bonds. The maximum atomic E-state index is 11.7. The Morgan fingerprint density at radius 2 is 2.40 bits per heavy atom. The highest BCUT2D eigenvalue weighted by Gasteiger charge is 2.08. The van der Waals surface area contributed by atoms with E-state index in [9.17, 15) is 4.79 Å². The summed E-state index contributed by atoms with van der Waals surface area (Å²) in [5.74, 6) is -0.0677. The normalized spacial score (nSPS) is 10.3. The van der Waals surface area contributed by atoms with Crippen LogP contribution in [0.4, 0.5) is 0 Å². The zero-order chi connectivity index (χ0) is 11.1. The Bertz CT molecular complexity index is 307. The Morgan fingerprint density at radius 3 is 3.07 bits per heavy atom. The minimum absolute atomic E-state index is 0.0677. The molecule has 84 valence electrons. The number of aliphatic hydroxyl groups excluding tert-OH is 1. The Kier molecular flexibility index (Phi) is 4.90. The Morgan fingerprint density at radius 1 is 1.60 bits per heavy atom. The summed E-state index contributed by atoms with van der Waals surface area (Å²) in [5, 5.41) is 11.4. The molecule has 0 bridgehead atoms. The smallest absolute Gasteiger partial charge is 0.267 e. The Balaban J connectivity index is 2.53. The van der Waals surface area contributed by atoms with Crippen molar-refractivity contribution in [2.24, 2.45) is 0 Å². The minimum atomic E-state index is -0.0677. The molecule has 1 rings (SSSR count). The largest absolute Gasteiger partial charge is 0.396 e. The van der Waals surface area contributed by atoms with Gasteiger partial charge in [-0.1, -0.05) is 6.92 Å². The monoisotopic (exact) mass is 210 g/mol.